The molecule has 0 unspecified atom stereocenters. The van der Waals surface area contributed by atoms with Crippen LogP contribution in [0.1, 0.15) is 10.4 Å². The van der Waals surface area contributed by atoms with E-state index < -0.39 is 16.0 Å². The number of nitrogens with two attached hydrogens (primary N) is 1. The molecular formula is C9H10N2O4S. The maximum absolute atomic E-state index is 11.3. The number of carbonyl (C=O) groups is 1. The Morgan fingerprint density at radius 2 is 2.25 bits per heavy atom. The molecule has 0 spiro atoms. The third-order valence-electron chi connectivity index (χ3n) is 2.12. The maximum Gasteiger partial charge on any atom is 0.268 e. The van der Waals surface area contributed by atoms with E-state index in [1.54, 1.807) is 12.1 Å². The highest BCUT2D eigenvalue weighted by Crippen LogP contribution is 2.30. The molecule has 86 valence electrons. The van der Waals surface area contributed by atoms with Gasteiger partial charge < -0.3 is 10.5 Å². The van der Waals surface area contributed by atoms with Gasteiger partial charge in [0.2, 0.25) is 5.94 Å². The number of rotatable bonds is 2. The summed E-state index contributed by atoms with van der Waals surface area (Å²) in [5.41, 5.74) is 5.84. The fraction of sp³-hybridized carbons (Fsp3) is 0.222. The van der Waals surface area contributed by atoms with Crippen LogP contribution in [0.2, 0.25) is 0 Å². The molecule has 1 heterocycles. The smallest absolute Gasteiger partial charge is 0.268 e. The van der Waals surface area contributed by atoms with Crippen LogP contribution in [0.5, 0.6) is 5.75 Å². The van der Waals surface area contributed by atoms with Crippen molar-refractivity contribution in [2.45, 2.75) is 0 Å². The standard InChI is InChI=1S/C9H10N2O4S/c10-4-8(12)6-1-2-9-7(3-6)11-16(13,14)5-15-9/h1-3,11H,4-5,10H2. The number of ketones is 1. The molecule has 1 aromatic rings. The lowest BCUT2D eigenvalue weighted by Gasteiger charge is -2.19. The lowest BCUT2D eigenvalue weighted by Crippen LogP contribution is -2.26. The molecule has 16 heavy (non-hydrogen) atoms. The number of ether oxygens (including phenoxy) is 1. The highest BCUT2D eigenvalue weighted by Gasteiger charge is 2.22. The van der Waals surface area contributed by atoms with Gasteiger partial charge in [0.1, 0.15) is 5.75 Å². The fourth-order valence-corrected chi connectivity index (χ4v) is 2.20. The molecule has 0 saturated carbocycles. The third-order valence-corrected chi connectivity index (χ3v) is 3.08. The molecule has 0 atom stereocenters. The van der Waals surface area contributed by atoms with Crippen molar-refractivity contribution >= 4 is 21.5 Å². The van der Waals surface area contributed by atoms with E-state index in [0.717, 1.165) is 0 Å². The van der Waals surface area contributed by atoms with Gasteiger partial charge >= 0.3 is 0 Å². The summed E-state index contributed by atoms with van der Waals surface area (Å²) in [4.78, 5) is 11.3. The van der Waals surface area contributed by atoms with Gasteiger partial charge in [-0.05, 0) is 18.2 Å². The highest BCUT2D eigenvalue weighted by atomic mass is 32.2. The predicted molar refractivity (Wildman–Crippen MR) is 57.9 cm³/mol. The number of nitrogens with one attached hydrogen (secondary N) is 1. The quantitative estimate of drug-likeness (QED) is 0.707. The van der Waals surface area contributed by atoms with Crippen molar-refractivity contribution in [1.29, 1.82) is 0 Å². The van der Waals surface area contributed by atoms with E-state index in [0.29, 0.717) is 11.3 Å². The second-order valence-corrected chi connectivity index (χ2v) is 4.99. The van der Waals surface area contributed by atoms with E-state index in [-0.39, 0.29) is 18.0 Å². The summed E-state index contributed by atoms with van der Waals surface area (Å²) in [6.45, 7) is -0.119. The van der Waals surface area contributed by atoms with Gasteiger partial charge in [-0.25, -0.2) is 8.42 Å². The summed E-state index contributed by atoms with van der Waals surface area (Å²) in [5, 5.41) is 0. The van der Waals surface area contributed by atoms with Crippen LogP contribution < -0.4 is 15.2 Å². The molecule has 6 nitrogen and oxygen atoms in total. The van der Waals surface area contributed by atoms with Gasteiger partial charge in [0.25, 0.3) is 10.0 Å². The van der Waals surface area contributed by atoms with Gasteiger partial charge in [0.05, 0.1) is 12.2 Å². The van der Waals surface area contributed by atoms with Crippen LogP contribution in [0.4, 0.5) is 5.69 Å². The van der Waals surface area contributed by atoms with Crippen LogP contribution in [-0.2, 0) is 10.0 Å². The minimum Gasteiger partial charge on any atom is -0.474 e. The second-order valence-electron chi connectivity index (χ2n) is 3.32. The van der Waals surface area contributed by atoms with Crippen LogP contribution in [0.25, 0.3) is 0 Å². The number of Topliss-reactive ketones (excluding diaryl/α,β-unsaturated/α-hetero) is 1. The van der Waals surface area contributed by atoms with Crippen LogP contribution in [0, 0.1) is 0 Å². The zero-order valence-electron chi connectivity index (χ0n) is 8.26. The van der Waals surface area contributed by atoms with E-state index in [2.05, 4.69) is 4.72 Å². The van der Waals surface area contributed by atoms with Gasteiger partial charge in [-0.3, -0.25) is 9.52 Å². The van der Waals surface area contributed by atoms with Gasteiger partial charge in [0, 0.05) is 5.56 Å². The van der Waals surface area contributed by atoms with Crippen molar-refractivity contribution < 1.29 is 17.9 Å². The van der Waals surface area contributed by atoms with Crippen LogP contribution in [-0.4, -0.2) is 26.7 Å². The van der Waals surface area contributed by atoms with Crippen LogP contribution in [0.3, 0.4) is 0 Å². The molecule has 1 aromatic carbocycles. The maximum atomic E-state index is 11.3. The minimum atomic E-state index is -3.46. The molecule has 0 aromatic heterocycles. The summed E-state index contributed by atoms with van der Waals surface area (Å²) in [7, 11) is -3.46. The molecule has 0 aliphatic carbocycles. The van der Waals surface area contributed by atoms with Gasteiger partial charge in [-0.2, -0.15) is 0 Å². The molecule has 0 saturated heterocycles. The zero-order valence-corrected chi connectivity index (χ0v) is 9.08. The Kier molecular flexibility index (Phi) is 2.56. The van der Waals surface area contributed by atoms with Gasteiger partial charge in [0.15, 0.2) is 5.78 Å². The number of benzene rings is 1. The van der Waals surface area contributed by atoms with Crippen molar-refractivity contribution in [3.05, 3.63) is 23.8 Å². The first kappa shape index (κ1) is 10.9. The Balaban J connectivity index is 2.42. The predicted octanol–water partition coefficient (Wildman–Crippen LogP) is -0.0804. The van der Waals surface area contributed by atoms with E-state index in [4.69, 9.17) is 10.5 Å². The number of fused-ring (bicyclic) bond motifs is 1. The Bertz CT molecular complexity index is 538. The normalized spacial score (nSPS) is 16.8. The van der Waals surface area contributed by atoms with Crippen molar-refractivity contribution in [2.75, 3.05) is 17.2 Å². The van der Waals surface area contributed by atoms with E-state index in [9.17, 15) is 13.2 Å². The Hall–Kier alpha value is -1.60. The topological polar surface area (TPSA) is 98.5 Å². The molecule has 0 radical (unpaired) electrons. The number of hydrogen-bond acceptors (Lipinski definition) is 5. The molecule has 1 aliphatic heterocycles. The van der Waals surface area contributed by atoms with E-state index >= 15 is 0 Å². The highest BCUT2D eigenvalue weighted by molar-refractivity contribution is 7.92. The summed E-state index contributed by atoms with van der Waals surface area (Å²) >= 11 is 0. The molecular weight excluding hydrogens is 232 g/mol. The van der Waals surface area contributed by atoms with Crippen molar-refractivity contribution in [2.24, 2.45) is 5.73 Å². The summed E-state index contributed by atoms with van der Waals surface area (Å²) in [6, 6.07) is 4.51. The van der Waals surface area contributed by atoms with E-state index in [1.165, 1.54) is 6.07 Å². The average molecular weight is 242 g/mol. The number of carbonyl (C=O) groups excluding carboxylic acids is 1. The molecule has 0 bridgehead atoms. The fourth-order valence-electron chi connectivity index (χ4n) is 1.36. The Labute approximate surface area is 92.4 Å². The first-order valence-corrected chi connectivity index (χ1v) is 6.18. The lowest BCUT2D eigenvalue weighted by molar-refractivity contribution is 0.100. The van der Waals surface area contributed by atoms with E-state index in [1.807, 2.05) is 0 Å². The molecule has 2 rings (SSSR count). The third kappa shape index (κ3) is 2.00. The SMILES string of the molecule is NCC(=O)c1ccc2c(c1)NS(=O)(=O)CO2. The van der Waals surface area contributed by atoms with Gasteiger partial charge in [-0.15, -0.1) is 0 Å². The first-order valence-electron chi connectivity index (χ1n) is 4.52. The molecule has 7 heteroatoms. The summed E-state index contributed by atoms with van der Waals surface area (Å²) in [5.74, 6) is -0.263. The summed E-state index contributed by atoms with van der Waals surface area (Å²) < 4.78 is 29.8. The second kappa shape index (κ2) is 3.76. The minimum absolute atomic E-state index is 0.119. The molecule has 3 N–H and O–H groups in total. The number of sulfonamides is 1. The Morgan fingerprint density at radius 1 is 1.50 bits per heavy atom. The monoisotopic (exact) mass is 242 g/mol. The average Bonchev–Trinajstić information content (AvgIpc) is 2.25. The number of anilines is 1. The number of hydrogen-bond donors (Lipinski definition) is 2. The first-order chi connectivity index (χ1) is 7.52. The molecule has 0 amide bonds. The van der Waals surface area contributed by atoms with Crippen molar-refractivity contribution in [3.63, 3.8) is 0 Å². The summed E-state index contributed by atoms with van der Waals surface area (Å²) in [6.07, 6.45) is 0. The zero-order chi connectivity index (χ0) is 11.8. The Morgan fingerprint density at radius 3 is 2.94 bits per heavy atom. The van der Waals surface area contributed by atoms with Crippen molar-refractivity contribution in [1.82, 2.24) is 0 Å². The molecule has 1 aliphatic rings. The van der Waals surface area contributed by atoms with Crippen molar-refractivity contribution in [3.8, 4) is 5.75 Å². The lowest BCUT2D eigenvalue weighted by atomic mass is 10.1. The van der Waals surface area contributed by atoms with Crippen LogP contribution in [0.15, 0.2) is 18.2 Å². The van der Waals surface area contributed by atoms with Crippen LogP contribution >= 0.6 is 0 Å². The van der Waals surface area contributed by atoms with Gasteiger partial charge in [-0.1, -0.05) is 0 Å². The largest absolute Gasteiger partial charge is 0.474 e. The molecule has 0 fully saturated rings.